The van der Waals surface area contributed by atoms with E-state index in [-0.39, 0.29) is 0 Å². The van der Waals surface area contributed by atoms with Crippen molar-refractivity contribution < 1.29 is 0 Å². The molecular weight excluding hydrogens is 342 g/mol. The van der Waals surface area contributed by atoms with Crippen molar-refractivity contribution in [3.63, 3.8) is 0 Å². The molecule has 5 atom stereocenters. The van der Waals surface area contributed by atoms with Gasteiger partial charge in [-0.05, 0) is 77.4 Å². The molecule has 3 aliphatic rings. The molecule has 1 N–H and O–H groups in total. The Morgan fingerprint density at radius 2 is 2.11 bits per heavy atom. The Kier molecular flexibility index (Phi) is 3.26. The van der Waals surface area contributed by atoms with Gasteiger partial charge in [0, 0.05) is 15.4 Å². The number of rotatable bonds is 4. The highest BCUT2D eigenvalue weighted by Crippen LogP contribution is 2.72. The minimum absolute atomic E-state index is 0.539. The second-order valence-corrected chi connectivity index (χ2v) is 8.91. The molecule has 3 aliphatic carbocycles. The number of hydrogen-bond donors (Lipinski definition) is 1. The first-order chi connectivity index (χ1) is 9.20. The van der Waals surface area contributed by atoms with Crippen LogP contribution in [0.1, 0.15) is 37.1 Å². The summed E-state index contributed by atoms with van der Waals surface area (Å²) in [5.74, 6) is 5.00. The van der Waals surface area contributed by atoms with Crippen molar-refractivity contribution in [2.24, 2.45) is 29.6 Å². The topological polar surface area (TPSA) is 12.0 Å². The first kappa shape index (κ1) is 13.1. The maximum atomic E-state index is 6.23. The molecule has 0 saturated heterocycles. The Morgan fingerprint density at radius 1 is 1.42 bits per heavy atom. The average molecular weight is 361 g/mol. The van der Waals surface area contributed by atoms with Crippen molar-refractivity contribution in [1.29, 1.82) is 0 Å². The van der Waals surface area contributed by atoms with Gasteiger partial charge in [-0.3, -0.25) is 0 Å². The summed E-state index contributed by atoms with van der Waals surface area (Å²) >= 11 is 11.5. The van der Waals surface area contributed by atoms with Crippen molar-refractivity contribution in [2.45, 2.75) is 32.2 Å². The summed E-state index contributed by atoms with van der Waals surface area (Å²) in [6.45, 7) is 3.26. The van der Waals surface area contributed by atoms with E-state index in [4.69, 9.17) is 11.6 Å². The molecule has 0 aromatic carbocycles. The van der Waals surface area contributed by atoms with Gasteiger partial charge in [-0.25, -0.2) is 0 Å². The largest absolute Gasteiger partial charge is 0.309 e. The van der Waals surface area contributed by atoms with Crippen molar-refractivity contribution in [3.8, 4) is 0 Å². The molecule has 3 saturated carbocycles. The lowest BCUT2D eigenvalue weighted by Crippen LogP contribution is -2.24. The molecule has 0 aliphatic heterocycles. The predicted octanol–water partition coefficient (Wildman–Crippen LogP) is 5.11. The SMILES string of the molecule is CCNC(c1cc(Br)c(Cl)s1)C1C2C3CCC(C3)C21. The molecule has 19 heavy (non-hydrogen) atoms. The minimum Gasteiger partial charge on any atom is -0.309 e. The van der Waals surface area contributed by atoms with Crippen LogP contribution in [0.2, 0.25) is 4.34 Å². The number of hydrogen-bond acceptors (Lipinski definition) is 2. The molecule has 0 spiro atoms. The lowest BCUT2D eigenvalue weighted by molar-refractivity contribution is 0.378. The summed E-state index contributed by atoms with van der Waals surface area (Å²) in [6.07, 6.45) is 4.52. The summed E-state index contributed by atoms with van der Waals surface area (Å²) in [5, 5.41) is 3.73. The van der Waals surface area contributed by atoms with Gasteiger partial charge in [-0.15, -0.1) is 11.3 Å². The minimum atomic E-state index is 0.539. The lowest BCUT2D eigenvalue weighted by Gasteiger charge is -2.20. The highest BCUT2D eigenvalue weighted by Gasteiger charge is 2.66. The van der Waals surface area contributed by atoms with Gasteiger partial charge in [-0.1, -0.05) is 18.5 Å². The van der Waals surface area contributed by atoms with Gasteiger partial charge in [0.25, 0.3) is 0 Å². The van der Waals surface area contributed by atoms with E-state index >= 15 is 0 Å². The van der Waals surface area contributed by atoms with Crippen LogP contribution < -0.4 is 5.32 Å². The molecule has 104 valence electrons. The van der Waals surface area contributed by atoms with Crippen molar-refractivity contribution in [2.75, 3.05) is 6.54 Å². The van der Waals surface area contributed by atoms with Crippen LogP contribution in [0.15, 0.2) is 10.5 Å². The number of nitrogens with one attached hydrogen (secondary N) is 1. The normalized spacial score (nSPS) is 40.5. The fourth-order valence-electron chi connectivity index (χ4n) is 5.00. The Labute approximate surface area is 132 Å². The van der Waals surface area contributed by atoms with E-state index in [1.807, 2.05) is 0 Å². The summed E-state index contributed by atoms with van der Waals surface area (Å²) in [6, 6.07) is 2.77. The van der Waals surface area contributed by atoms with Crippen LogP contribution in [-0.2, 0) is 0 Å². The molecule has 1 nitrogen and oxygen atoms in total. The Hall–Kier alpha value is 0.430. The van der Waals surface area contributed by atoms with E-state index < -0.39 is 0 Å². The third-order valence-electron chi connectivity index (χ3n) is 5.57. The number of thiophene rings is 1. The third kappa shape index (κ3) is 1.96. The highest BCUT2D eigenvalue weighted by atomic mass is 79.9. The van der Waals surface area contributed by atoms with Gasteiger partial charge in [0.15, 0.2) is 0 Å². The van der Waals surface area contributed by atoms with E-state index in [2.05, 4.69) is 34.2 Å². The lowest BCUT2D eigenvalue weighted by atomic mass is 9.96. The number of halogens is 2. The van der Waals surface area contributed by atoms with Gasteiger partial charge in [0.2, 0.25) is 0 Å². The van der Waals surface area contributed by atoms with Gasteiger partial charge in [-0.2, -0.15) is 0 Å². The average Bonchev–Trinajstić information content (AvgIpc) is 2.72. The fraction of sp³-hybridized carbons (Fsp3) is 0.733. The van der Waals surface area contributed by atoms with Crippen LogP contribution in [0, 0.1) is 29.6 Å². The Morgan fingerprint density at radius 3 is 2.63 bits per heavy atom. The third-order valence-corrected chi connectivity index (χ3v) is 8.13. The van der Waals surface area contributed by atoms with Crippen LogP contribution in [-0.4, -0.2) is 6.54 Å². The van der Waals surface area contributed by atoms with Crippen LogP contribution in [0.4, 0.5) is 0 Å². The Balaban J connectivity index is 1.60. The van der Waals surface area contributed by atoms with Gasteiger partial charge >= 0.3 is 0 Å². The van der Waals surface area contributed by atoms with E-state index in [0.29, 0.717) is 6.04 Å². The molecule has 1 heterocycles. The van der Waals surface area contributed by atoms with Crippen LogP contribution in [0.25, 0.3) is 0 Å². The van der Waals surface area contributed by atoms with Crippen molar-refractivity contribution >= 4 is 38.9 Å². The maximum absolute atomic E-state index is 6.23. The van der Waals surface area contributed by atoms with Crippen LogP contribution in [0.5, 0.6) is 0 Å². The molecule has 4 rings (SSSR count). The van der Waals surface area contributed by atoms with E-state index in [0.717, 1.165) is 44.9 Å². The summed E-state index contributed by atoms with van der Waals surface area (Å²) in [4.78, 5) is 1.43. The number of fused-ring (bicyclic) bond motifs is 5. The molecule has 0 amide bonds. The monoisotopic (exact) mass is 359 g/mol. The van der Waals surface area contributed by atoms with Crippen molar-refractivity contribution in [1.82, 2.24) is 5.32 Å². The van der Waals surface area contributed by atoms with Crippen LogP contribution >= 0.6 is 38.9 Å². The molecule has 4 heteroatoms. The molecule has 1 aromatic rings. The first-order valence-electron chi connectivity index (χ1n) is 7.38. The van der Waals surface area contributed by atoms with Crippen LogP contribution in [0.3, 0.4) is 0 Å². The van der Waals surface area contributed by atoms with E-state index in [9.17, 15) is 0 Å². The standard InChI is InChI=1S/C15H19BrClNS/c1-2-18-14(10-6-9(16)15(17)19-10)13-11-7-3-4-8(5-7)12(11)13/h6-8,11-14,18H,2-5H2,1H3. The quantitative estimate of drug-likeness (QED) is 0.787. The van der Waals surface area contributed by atoms with E-state index in [1.54, 1.807) is 11.3 Å². The maximum Gasteiger partial charge on any atom is 0.107 e. The zero-order valence-electron chi connectivity index (χ0n) is 11.0. The summed E-state index contributed by atoms with van der Waals surface area (Å²) < 4.78 is 1.96. The first-order valence-corrected chi connectivity index (χ1v) is 9.37. The smallest absolute Gasteiger partial charge is 0.107 e. The summed E-state index contributed by atoms with van der Waals surface area (Å²) in [5.41, 5.74) is 0. The molecule has 5 unspecified atom stereocenters. The second kappa shape index (κ2) is 4.72. The van der Waals surface area contributed by atoms with Gasteiger partial charge < -0.3 is 5.32 Å². The second-order valence-electron chi connectivity index (χ2n) is 6.37. The molecule has 1 aromatic heterocycles. The van der Waals surface area contributed by atoms with E-state index in [1.165, 1.54) is 24.1 Å². The zero-order valence-corrected chi connectivity index (χ0v) is 14.2. The molecule has 2 bridgehead atoms. The Bertz CT molecular complexity index is 467. The fourth-order valence-corrected chi connectivity index (χ4v) is 6.87. The van der Waals surface area contributed by atoms with Gasteiger partial charge in [0.1, 0.15) is 4.34 Å². The molecule has 3 fully saturated rings. The van der Waals surface area contributed by atoms with Gasteiger partial charge in [0.05, 0.1) is 0 Å². The summed E-state index contributed by atoms with van der Waals surface area (Å²) in [7, 11) is 0. The zero-order chi connectivity index (χ0) is 13.1. The van der Waals surface area contributed by atoms with Crippen molar-refractivity contribution in [3.05, 3.63) is 19.8 Å². The molecule has 0 radical (unpaired) electrons. The predicted molar refractivity (Wildman–Crippen MR) is 84.7 cm³/mol. The highest BCUT2D eigenvalue weighted by molar-refractivity contribution is 9.10. The molecular formula is C15H19BrClNS.